The molecule has 1 aliphatic heterocycles. The Kier molecular flexibility index (Phi) is 7.09. The lowest BCUT2D eigenvalue weighted by Gasteiger charge is -2.35. The molecule has 1 aromatic heterocycles. The molecule has 5 nitrogen and oxygen atoms in total. The maximum atomic E-state index is 13.6. The maximum absolute atomic E-state index is 13.6. The SMILES string of the molecule is Cc1ccc(CC(=O)[C@H]2CN(C)CC[C@@H]2c2nnc(CCCC(C)(C)C)n2C2CC2)c(C)c1. The van der Waals surface area contributed by atoms with Crippen molar-refractivity contribution in [1.82, 2.24) is 19.7 Å². The van der Waals surface area contributed by atoms with E-state index in [2.05, 4.69) is 74.4 Å². The number of hydrogen-bond donors (Lipinski definition) is 0. The molecule has 1 aromatic carbocycles. The molecule has 0 radical (unpaired) electrons. The third-order valence-corrected chi connectivity index (χ3v) is 7.46. The maximum Gasteiger partial charge on any atom is 0.142 e. The van der Waals surface area contributed by atoms with Gasteiger partial charge in [0.05, 0.1) is 0 Å². The Bertz CT molecular complexity index is 982. The molecule has 0 unspecified atom stereocenters. The van der Waals surface area contributed by atoms with Crippen LogP contribution in [-0.2, 0) is 17.6 Å². The van der Waals surface area contributed by atoms with E-state index >= 15 is 0 Å². The number of aryl methyl sites for hydroxylation is 3. The highest BCUT2D eigenvalue weighted by molar-refractivity contribution is 5.84. The molecule has 2 aromatic rings. The molecule has 0 amide bonds. The number of piperidine rings is 1. The van der Waals surface area contributed by atoms with Crippen LogP contribution >= 0.6 is 0 Å². The minimum absolute atomic E-state index is 0.0198. The van der Waals surface area contributed by atoms with Crippen molar-refractivity contribution in [3.63, 3.8) is 0 Å². The summed E-state index contributed by atoms with van der Waals surface area (Å²) >= 11 is 0. The highest BCUT2D eigenvalue weighted by atomic mass is 16.1. The fraction of sp³-hybridized carbons (Fsp3) is 0.679. The van der Waals surface area contributed by atoms with Crippen molar-refractivity contribution in [2.24, 2.45) is 11.3 Å². The molecular weight excluding hydrogens is 408 g/mol. The summed E-state index contributed by atoms with van der Waals surface area (Å²) in [4.78, 5) is 15.9. The number of carbonyl (C=O) groups is 1. The molecule has 5 heteroatoms. The molecule has 4 rings (SSSR count). The normalized spacial score (nSPS) is 22.0. The molecule has 33 heavy (non-hydrogen) atoms. The average Bonchev–Trinajstić information content (AvgIpc) is 3.49. The number of ketones is 1. The van der Waals surface area contributed by atoms with Crippen molar-refractivity contribution in [2.45, 2.75) is 91.5 Å². The second-order valence-electron chi connectivity index (χ2n) is 11.8. The van der Waals surface area contributed by atoms with Gasteiger partial charge in [0.1, 0.15) is 17.4 Å². The fourth-order valence-corrected chi connectivity index (χ4v) is 5.38. The van der Waals surface area contributed by atoms with Crippen molar-refractivity contribution in [1.29, 1.82) is 0 Å². The van der Waals surface area contributed by atoms with Crippen molar-refractivity contribution in [3.05, 3.63) is 46.5 Å². The van der Waals surface area contributed by atoms with Crippen LogP contribution in [0.5, 0.6) is 0 Å². The fourth-order valence-electron chi connectivity index (χ4n) is 5.38. The molecule has 2 aliphatic rings. The monoisotopic (exact) mass is 450 g/mol. The Balaban J connectivity index is 1.56. The lowest BCUT2D eigenvalue weighted by Crippen LogP contribution is -2.42. The van der Waals surface area contributed by atoms with Crippen LogP contribution in [0.3, 0.4) is 0 Å². The number of hydrogen-bond acceptors (Lipinski definition) is 4. The average molecular weight is 451 g/mol. The molecule has 180 valence electrons. The van der Waals surface area contributed by atoms with Crippen molar-refractivity contribution in [2.75, 3.05) is 20.1 Å². The van der Waals surface area contributed by atoms with Crippen LogP contribution < -0.4 is 0 Å². The second-order valence-corrected chi connectivity index (χ2v) is 11.8. The predicted octanol–water partition coefficient (Wildman–Crippen LogP) is 5.45. The van der Waals surface area contributed by atoms with E-state index in [1.54, 1.807) is 0 Å². The van der Waals surface area contributed by atoms with Gasteiger partial charge in [-0.2, -0.15) is 0 Å². The summed E-state index contributed by atoms with van der Waals surface area (Å²) in [6.45, 7) is 12.9. The summed E-state index contributed by atoms with van der Waals surface area (Å²) in [5.41, 5.74) is 3.96. The number of likely N-dealkylation sites (tertiary alicyclic amines) is 1. The van der Waals surface area contributed by atoms with Gasteiger partial charge in [0, 0.05) is 37.3 Å². The molecule has 1 saturated carbocycles. The number of nitrogens with zero attached hydrogens (tertiary/aromatic N) is 4. The second kappa shape index (κ2) is 9.69. The molecule has 0 N–H and O–H groups in total. The number of Topliss-reactive ketones (excluding diaryl/α,β-unsaturated/α-hetero) is 1. The Hall–Kier alpha value is -2.01. The van der Waals surface area contributed by atoms with Crippen LogP contribution in [0.4, 0.5) is 0 Å². The zero-order chi connectivity index (χ0) is 23.8. The first-order valence-corrected chi connectivity index (χ1v) is 12.8. The van der Waals surface area contributed by atoms with Crippen LogP contribution in [0.1, 0.15) is 93.2 Å². The third kappa shape index (κ3) is 5.92. The van der Waals surface area contributed by atoms with E-state index in [0.29, 0.717) is 23.7 Å². The van der Waals surface area contributed by atoms with Gasteiger partial charge in [0.2, 0.25) is 0 Å². The number of rotatable bonds is 8. The van der Waals surface area contributed by atoms with Gasteiger partial charge < -0.3 is 9.47 Å². The van der Waals surface area contributed by atoms with Gasteiger partial charge in [-0.05, 0) is 76.1 Å². The highest BCUT2D eigenvalue weighted by Gasteiger charge is 2.40. The number of carbonyl (C=O) groups excluding carboxylic acids is 1. The van der Waals surface area contributed by atoms with Crippen LogP contribution in [-0.4, -0.2) is 45.6 Å². The standard InChI is InChI=1S/C28H42N4O/c1-19-9-10-21(20(2)16-19)17-25(33)24-18-31(6)15-13-23(24)27-30-29-26(32(27)22-11-12-22)8-7-14-28(3,4)5/h9-10,16,22-24H,7-8,11-15,17-18H2,1-6H3/t23-,24-/m0/s1. The Labute approximate surface area is 200 Å². The molecule has 2 atom stereocenters. The first kappa shape index (κ1) is 24.1. The molecule has 1 aliphatic carbocycles. The highest BCUT2D eigenvalue weighted by Crippen LogP contribution is 2.42. The lowest BCUT2D eigenvalue weighted by molar-refractivity contribution is -0.124. The zero-order valence-corrected chi connectivity index (χ0v) is 21.5. The van der Waals surface area contributed by atoms with Gasteiger partial charge in [-0.15, -0.1) is 10.2 Å². The van der Waals surface area contributed by atoms with Crippen LogP contribution in [0, 0.1) is 25.2 Å². The predicted molar refractivity (Wildman–Crippen MR) is 134 cm³/mol. The molecule has 1 saturated heterocycles. The molecule has 0 spiro atoms. The van der Waals surface area contributed by atoms with E-state index in [1.165, 1.54) is 30.4 Å². The number of benzene rings is 1. The first-order chi connectivity index (χ1) is 15.6. The van der Waals surface area contributed by atoms with Crippen LogP contribution in [0.2, 0.25) is 0 Å². The Morgan fingerprint density at radius 3 is 2.55 bits per heavy atom. The Morgan fingerprint density at radius 2 is 1.88 bits per heavy atom. The summed E-state index contributed by atoms with van der Waals surface area (Å²) in [5, 5.41) is 9.43. The van der Waals surface area contributed by atoms with Crippen LogP contribution in [0.15, 0.2) is 18.2 Å². The largest absolute Gasteiger partial charge is 0.312 e. The van der Waals surface area contributed by atoms with Crippen LogP contribution in [0.25, 0.3) is 0 Å². The van der Waals surface area contributed by atoms with E-state index in [1.807, 2.05) is 0 Å². The smallest absolute Gasteiger partial charge is 0.142 e. The lowest BCUT2D eigenvalue weighted by atomic mass is 9.80. The van der Waals surface area contributed by atoms with Crippen molar-refractivity contribution < 1.29 is 4.79 Å². The first-order valence-electron chi connectivity index (χ1n) is 12.8. The molecule has 0 bridgehead atoms. The van der Waals surface area contributed by atoms with Crippen molar-refractivity contribution >= 4 is 5.78 Å². The summed E-state index contributed by atoms with van der Waals surface area (Å²) in [6.07, 6.45) is 7.22. The molecular formula is C28H42N4O. The summed E-state index contributed by atoms with van der Waals surface area (Å²) < 4.78 is 2.44. The summed E-state index contributed by atoms with van der Waals surface area (Å²) in [7, 11) is 2.14. The quantitative estimate of drug-likeness (QED) is 0.537. The van der Waals surface area contributed by atoms with Gasteiger partial charge in [-0.1, -0.05) is 44.5 Å². The van der Waals surface area contributed by atoms with Gasteiger partial charge in [-0.3, -0.25) is 4.79 Å². The topological polar surface area (TPSA) is 51.0 Å². The van der Waals surface area contributed by atoms with Gasteiger partial charge in [0.15, 0.2) is 0 Å². The van der Waals surface area contributed by atoms with E-state index in [4.69, 9.17) is 5.10 Å². The van der Waals surface area contributed by atoms with E-state index in [-0.39, 0.29) is 11.8 Å². The third-order valence-electron chi connectivity index (χ3n) is 7.46. The minimum atomic E-state index is -0.0198. The summed E-state index contributed by atoms with van der Waals surface area (Å²) in [6, 6.07) is 6.97. The van der Waals surface area contributed by atoms with Crippen molar-refractivity contribution in [3.8, 4) is 0 Å². The molecule has 2 heterocycles. The van der Waals surface area contributed by atoms with Gasteiger partial charge >= 0.3 is 0 Å². The Morgan fingerprint density at radius 1 is 1.12 bits per heavy atom. The summed E-state index contributed by atoms with van der Waals surface area (Å²) in [5.74, 6) is 2.71. The van der Waals surface area contributed by atoms with Gasteiger partial charge in [0.25, 0.3) is 0 Å². The minimum Gasteiger partial charge on any atom is -0.312 e. The van der Waals surface area contributed by atoms with E-state index in [9.17, 15) is 4.79 Å². The zero-order valence-electron chi connectivity index (χ0n) is 21.5. The number of aromatic nitrogens is 3. The van der Waals surface area contributed by atoms with E-state index in [0.717, 1.165) is 49.6 Å². The van der Waals surface area contributed by atoms with Gasteiger partial charge in [-0.25, -0.2) is 0 Å². The van der Waals surface area contributed by atoms with E-state index < -0.39 is 0 Å². The molecule has 2 fully saturated rings.